The van der Waals surface area contributed by atoms with Gasteiger partial charge in [0.05, 0.1) is 5.69 Å². The molecule has 2 N–H and O–H groups in total. The normalized spacial score (nSPS) is 10.4. The van der Waals surface area contributed by atoms with Crippen molar-refractivity contribution in [2.75, 3.05) is 5.32 Å². The molecule has 0 unspecified atom stereocenters. The minimum Gasteiger partial charge on any atom is -0.476 e. The van der Waals surface area contributed by atoms with Crippen molar-refractivity contribution in [1.29, 1.82) is 0 Å². The highest BCUT2D eigenvalue weighted by Gasteiger charge is 2.14. The van der Waals surface area contributed by atoms with Crippen LogP contribution in [0, 0.1) is 0 Å². The number of carboxylic acids is 1. The Hall–Kier alpha value is -3.00. The van der Waals surface area contributed by atoms with Gasteiger partial charge in [-0.3, -0.25) is 0 Å². The largest absolute Gasteiger partial charge is 0.476 e. The number of halogens is 1. The lowest BCUT2D eigenvalue weighted by Crippen LogP contribution is -2.08. The molecule has 0 atom stereocenters. The number of aromatic carboxylic acids is 1. The number of pyridine rings is 1. The van der Waals surface area contributed by atoms with Crippen LogP contribution in [-0.4, -0.2) is 36.0 Å². The molecule has 0 bridgehead atoms. The Morgan fingerprint density at radius 3 is 2.86 bits per heavy atom. The topological polar surface area (TPSA) is 106 Å². The minimum absolute atomic E-state index is 0.0794. The molecule has 0 fully saturated rings. The molecule has 0 saturated carbocycles. The van der Waals surface area contributed by atoms with Crippen molar-refractivity contribution in [2.24, 2.45) is 0 Å². The van der Waals surface area contributed by atoms with E-state index in [4.69, 9.17) is 16.7 Å². The summed E-state index contributed by atoms with van der Waals surface area (Å²) in [5.41, 5.74) is -0.0340. The molecule has 0 aliphatic heterocycles. The number of hydrogen-bond acceptors (Lipinski definition) is 6. The summed E-state index contributed by atoms with van der Waals surface area (Å²) in [6, 6.07) is 8.38. The highest BCUT2D eigenvalue weighted by atomic mass is 35.5. The summed E-state index contributed by atoms with van der Waals surface area (Å²) < 4.78 is 1.58. The van der Waals surface area contributed by atoms with Gasteiger partial charge in [0.1, 0.15) is 5.82 Å². The summed E-state index contributed by atoms with van der Waals surface area (Å²) in [5, 5.41) is 23.2. The first-order valence-corrected chi connectivity index (χ1v) is 6.52. The molecular formula is C13H9ClN6O2. The van der Waals surface area contributed by atoms with Crippen LogP contribution in [0.15, 0.2) is 42.7 Å². The van der Waals surface area contributed by atoms with Crippen LogP contribution in [0.25, 0.3) is 5.82 Å². The molecule has 0 spiro atoms. The number of nitrogens with zero attached hydrogens (tertiary/aromatic N) is 5. The number of aromatic nitrogens is 5. The Bertz CT molecular complexity index is 821. The summed E-state index contributed by atoms with van der Waals surface area (Å²) in [6.07, 6.45) is 3.39. The highest BCUT2D eigenvalue weighted by molar-refractivity contribution is 6.29. The number of anilines is 2. The monoisotopic (exact) mass is 316 g/mol. The average Bonchev–Trinajstić information content (AvgIpc) is 3.01. The van der Waals surface area contributed by atoms with E-state index >= 15 is 0 Å². The van der Waals surface area contributed by atoms with Crippen LogP contribution in [0.2, 0.25) is 5.15 Å². The van der Waals surface area contributed by atoms with Crippen molar-refractivity contribution in [3.05, 3.63) is 53.6 Å². The van der Waals surface area contributed by atoms with Crippen molar-refractivity contribution < 1.29 is 9.90 Å². The smallest absolute Gasteiger partial charge is 0.358 e. The van der Waals surface area contributed by atoms with E-state index in [1.165, 1.54) is 6.07 Å². The van der Waals surface area contributed by atoms with Gasteiger partial charge >= 0.3 is 5.97 Å². The van der Waals surface area contributed by atoms with E-state index in [0.717, 1.165) is 0 Å². The van der Waals surface area contributed by atoms with Crippen LogP contribution in [0.3, 0.4) is 0 Å². The third-order valence-corrected chi connectivity index (χ3v) is 2.89. The van der Waals surface area contributed by atoms with Gasteiger partial charge in [0.25, 0.3) is 0 Å². The molecule has 22 heavy (non-hydrogen) atoms. The highest BCUT2D eigenvalue weighted by Crippen LogP contribution is 2.21. The zero-order valence-corrected chi connectivity index (χ0v) is 11.8. The Labute approximate surface area is 129 Å². The summed E-state index contributed by atoms with van der Waals surface area (Å²) in [6.45, 7) is 0. The van der Waals surface area contributed by atoms with Gasteiger partial charge in [0.2, 0.25) is 0 Å². The van der Waals surface area contributed by atoms with Gasteiger partial charge in [-0.15, -0.1) is 10.2 Å². The number of carboxylic acid groups (broad SMARTS) is 1. The van der Waals surface area contributed by atoms with E-state index in [1.54, 1.807) is 41.3 Å². The van der Waals surface area contributed by atoms with E-state index in [-0.39, 0.29) is 16.5 Å². The predicted molar refractivity (Wildman–Crippen MR) is 78.6 cm³/mol. The van der Waals surface area contributed by atoms with Gasteiger partial charge in [-0.2, -0.15) is 5.10 Å². The first-order chi connectivity index (χ1) is 10.6. The molecule has 3 aromatic heterocycles. The number of hydrogen-bond donors (Lipinski definition) is 2. The molecule has 0 aromatic carbocycles. The number of rotatable bonds is 4. The van der Waals surface area contributed by atoms with Crippen LogP contribution >= 0.6 is 11.6 Å². The Balaban J connectivity index is 1.95. The van der Waals surface area contributed by atoms with Crippen molar-refractivity contribution in [1.82, 2.24) is 25.0 Å². The second-order valence-corrected chi connectivity index (χ2v) is 4.58. The molecule has 3 heterocycles. The SMILES string of the molecule is O=C(O)c1nnc(Cl)cc1Nc1cccc(-n2cccn2)n1. The summed E-state index contributed by atoms with van der Waals surface area (Å²) in [4.78, 5) is 15.5. The molecule has 0 saturated heterocycles. The fourth-order valence-corrected chi connectivity index (χ4v) is 1.93. The average molecular weight is 317 g/mol. The summed E-state index contributed by atoms with van der Waals surface area (Å²) >= 11 is 5.76. The predicted octanol–water partition coefficient (Wildman–Crippen LogP) is 2.15. The van der Waals surface area contributed by atoms with Crippen LogP contribution in [0.1, 0.15) is 10.5 Å². The standard InChI is InChI=1S/C13H9ClN6O2/c14-9-7-8(12(13(21)22)19-18-9)16-10-3-1-4-11(17-10)20-6-2-5-15-20/h1-7H,(H,21,22)(H,16,17,18). The van der Waals surface area contributed by atoms with Gasteiger partial charge in [0, 0.05) is 18.5 Å². The number of nitrogens with one attached hydrogen (secondary N) is 1. The van der Waals surface area contributed by atoms with Crippen LogP contribution < -0.4 is 5.32 Å². The van der Waals surface area contributed by atoms with E-state index in [2.05, 4.69) is 25.6 Å². The van der Waals surface area contributed by atoms with Crippen molar-refractivity contribution in [3.63, 3.8) is 0 Å². The molecule has 0 aliphatic carbocycles. The molecule has 9 heteroatoms. The lowest BCUT2D eigenvalue weighted by Gasteiger charge is -2.09. The molecule has 3 aromatic rings. The van der Waals surface area contributed by atoms with E-state index in [0.29, 0.717) is 11.6 Å². The molecule has 0 amide bonds. The maximum Gasteiger partial charge on any atom is 0.358 e. The zero-order chi connectivity index (χ0) is 15.5. The second-order valence-electron chi connectivity index (χ2n) is 4.19. The third kappa shape index (κ3) is 2.86. The van der Waals surface area contributed by atoms with E-state index < -0.39 is 5.97 Å². The van der Waals surface area contributed by atoms with E-state index in [9.17, 15) is 4.79 Å². The van der Waals surface area contributed by atoms with Gasteiger partial charge in [0.15, 0.2) is 16.7 Å². The van der Waals surface area contributed by atoms with Gasteiger partial charge in [-0.1, -0.05) is 17.7 Å². The van der Waals surface area contributed by atoms with Gasteiger partial charge in [-0.05, 0) is 18.2 Å². The van der Waals surface area contributed by atoms with Crippen molar-refractivity contribution in [2.45, 2.75) is 0 Å². The first kappa shape index (κ1) is 14.0. The minimum atomic E-state index is -1.21. The third-order valence-electron chi connectivity index (χ3n) is 2.70. The quantitative estimate of drug-likeness (QED) is 0.759. The molecule has 3 rings (SSSR count). The van der Waals surface area contributed by atoms with Crippen LogP contribution in [-0.2, 0) is 0 Å². The second kappa shape index (κ2) is 5.78. The summed E-state index contributed by atoms with van der Waals surface area (Å²) in [7, 11) is 0. The Morgan fingerprint density at radius 2 is 2.14 bits per heavy atom. The molecule has 8 nitrogen and oxygen atoms in total. The lowest BCUT2D eigenvalue weighted by atomic mass is 10.3. The Kier molecular flexibility index (Phi) is 3.67. The van der Waals surface area contributed by atoms with Crippen LogP contribution in [0.5, 0.6) is 0 Å². The first-order valence-electron chi connectivity index (χ1n) is 6.14. The molecule has 0 aliphatic rings. The van der Waals surface area contributed by atoms with Crippen LogP contribution in [0.4, 0.5) is 11.5 Å². The van der Waals surface area contributed by atoms with E-state index in [1.807, 2.05) is 0 Å². The fraction of sp³-hybridized carbons (Fsp3) is 0. The number of carbonyl (C=O) groups is 1. The fourth-order valence-electron chi connectivity index (χ4n) is 1.78. The van der Waals surface area contributed by atoms with Crippen molar-refractivity contribution in [3.8, 4) is 5.82 Å². The van der Waals surface area contributed by atoms with Gasteiger partial charge in [-0.25, -0.2) is 14.5 Å². The molecule has 110 valence electrons. The Morgan fingerprint density at radius 1 is 1.27 bits per heavy atom. The lowest BCUT2D eigenvalue weighted by molar-refractivity contribution is 0.0690. The maximum absolute atomic E-state index is 11.2. The molecule has 0 radical (unpaired) electrons. The van der Waals surface area contributed by atoms with Crippen molar-refractivity contribution >= 4 is 29.1 Å². The maximum atomic E-state index is 11.2. The molecular weight excluding hydrogens is 308 g/mol. The zero-order valence-electron chi connectivity index (χ0n) is 11.0. The van der Waals surface area contributed by atoms with Gasteiger partial charge < -0.3 is 10.4 Å². The summed E-state index contributed by atoms with van der Waals surface area (Å²) in [5.74, 6) is -0.200.